The molecule has 0 saturated heterocycles. The molecule has 0 aliphatic rings. The van der Waals surface area contributed by atoms with E-state index in [4.69, 9.17) is 9.47 Å². The van der Waals surface area contributed by atoms with Gasteiger partial charge in [0.05, 0.1) is 6.61 Å². The zero-order valence-electron chi connectivity index (χ0n) is 25.6. The van der Waals surface area contributed by atoms with Crippen LogP contribution in [0.1, 0.15) is 129 Å². The second-order valence-electron chi connectivity index (χ2n) is 10.1. The van der Waals surface area contributed by atoms with Crippen molar-refractivity contribution < 1.29 is 24.2 Å². The first-order chi connectivity index (χ1) is 19.6. The third-order valence-corrected chi connectivity index (χ3v) is 6.30. The Kier molecular flexibility index (Phi) is 29.3. The Balaban J connectivity index is 3.73. The second-order valence-corrected chi connectivity index (χ2v) is 10.1. The molecule has 40 heavy (non-hydrogen) atoms. The molecule has 0 aromatic rings. The number of carbonyl (C=O) groups is 2. The fraction of sp³-hybridized carbons (Fsp3) is 0.657. The molecule has 0 amide bonds. The molecule has 1 atom stereocenters. The van der Waals surface area contributed by atoms with E-state index in [1.54, 1.807) is 0 Å². The molecule has 0 fully saturated rings. The summed E-state index contributed by atoms with van der Waals surface area (Å²) in [4.78, 5) is 24.0. The molecule has 0 heterocycles. The zero-order valence-corrected chi connectivity index (χ0v) is 25.6. The molecule has 0 spiro atoms. The van der Waals surface area contributed by atoms with Crippen molar-refractivity contribution in [3.8, 4) is 0 Å². The van der Waals surface area contributed by atoms with Gasteiger partial charge in [0.1, 0.15) is 6.61 Å². The maximum absolute atomic E-state index is 12.1. The summed E-state index contributed by atoms with van der Waals surface area (Å²) in [5, 5.41) is 9.47. The molecule has 5 heteroatoms. The van der Waals surface area contributed by atoms with E-state index >= 15 is 0 Å². The summed E-state index contributed by atoms with van der Waals surface area (Å²) in [6, 6.07) is 0. The van der Waals surface area contributed by atoms with E-state index in [2.05, 4.69) is 74.6 Å². The fourth-order valence-electron chi connectivity index (χ4n) is 3.88. The van der Waals surface area contributed by atoms with Gasteiger partial charge >= 0.3 is 11.9 Å². The van der Waals surface area contributed by atoms with E-state index in [9.17, 15) is 14.7 Å². The highest BCUT2D eigenvalue weighted by molar-refractivity contribution is 5.70. The largest absolute Gasteiger partial charge is 0.462 e. The van der Waals surface area contributed by atoms with Gasteiger partial charge in [-0.05, 0) is 70.6 Å². The highest BCUT2D eigenvalue weighted by Crippen LogP contribution is 2.10. The van der Waals surface area contributed by atoms with Crippen LogP contribution in [0.25, 0.3) is 0 Å². The number of hydrogen-bond acceptors (Lipinski definition) is 5. The van der Waals surface area contributed by atoms with Crippen molar-refractivity contribution in [3.05, 3.63) is 60.8 Å². The lowest BCUT2D eigenvalue weighted by atomic mass is 10.1. The van der Waals surface area contributed by atoms with Crippen molar-refractivity contribution in [2.45, 2.75) is 136 Å². The quantitative estimate of drug-likeness (QED) is 0.0618. The molecule has 0 aliphatic carbocycles. The molecule has 5 nitrogen and oxygen atoms in total. The first-order valence-electron chi connectivity index (χ1n) is 15.8. The van der Waals surface area contributed by atoms with Crippen molar-refractivity contribution in [2.75, 3.05) is 13.2 Å². The number of unbranched alkanes of at least 4 members (excludes halogenated alkanes) is 9. The summed E-state index contributed by atoms with van der Waals surface area (Å²) in [5.41, 5.74) is 0. The van der Waals surface area contributed by atoms with Gasteiger partial charge < -0.3 is 14.6 Å². The third kappa shape index (κ3) is 28.6. The van der Waals surface area contributed by atoms with E-state index in [0.29, 0.717) is 12.8 Å². The molecule has 0 radical (unpaired) electrons. The molecule has 0 aromatic heterocycles. The van der Waals surface area contributed by atoms with Gasteiger partial charge in [0.15, 0.2) is 6.10 Å². The second kappa shape index (κ2) is 31.1. The van der Waals surface area contributed by atoms with Crippen LogP contribution in [0.5, 0.6) is 0 Å². The Morgan fingerprint density at radius 2 is 1.07 bits per heavy atom. The van der Waals surface area contributed by atoms with Crippen molar-refractivity contribution in [1.82, 2.24) is 0 Å². The number of aliphatic hydroxyl groups is 1. The van der Waals surface area contributed by atoms with Crippen LogP contribution < -0.4 is 0 Å². The Morgan fingerprint density at radius 3 is 1.70 bits per heavy atom. The fourth-order valence-corrected chi connectivity index (χ4v) is 3.88. The van der Waals surface area contributed by atoms with Gasteiger partial charge in [-0.2, -0.15) is 0 Å². The minimum absolute atomic E-state index is 0.0899. The predicted octanol–water partition coefficient (Wildman–Crippen LogP) is 9.28. The standard InChI is InChI=1S/C35H58O5/c1-3-5-7-9-11-13-15-16-17-18-20-22-24-26-28-30-35(38)40-33(31-36)32-39-34(37)29-27-25-23-21-19-14-12-10-8-6-4-2/h5,7,10-13,16-17,20,22,33,36H,3-4,6,8-9,14-15,18-19,21,23-32H2,1-2H3/b7-5-,12-10-,13-11-,17-16-,22-20-. The Hall–Kier alpha value is -2.40. The highest BCUT2D eigenvalue weighted by Gasteiger charge is 2.15. The summed E-state index contributed by atoms with van der Waals surface area (Å²) >= 11 is 0. The molecule has 0 aromatic carbocycles. The van der Waals surface area contributed by atoms with E-state index in [0.717, 1.165) is 70.6 Å². The smallest absolute Gasteiger partial charge is 0.306 e. The molecule has 1 N–H and O–H groups in total. The van der Waals surface area contributed by atoms with Crippen LogP contribution >= 0.6 is 0 Å². The average molecular weight is 559 g/mol. The lowest BCUT2D eigenvalue weighted by Gasteiger charge is -2.15. The van der Waals surface area contributed by atoms with Gasteiger partial charge in [-0.3, -0.25) is 9.59 Å². The van der Waals surface area contributed by atoms with Crippen LogP contribution in [-0.2, 0) is 19.1 Å². The molecular weight excluding hydrogens is 500 g/mol. The van der Waals surface area contributed by atoms with E-state index in [-0.39, 0.29) is 25.2 Å². The van der Waals surface area contributed by atoms with Crippen LogP contribution in [0.15, 0.2) is 60.8 Å². The number of carbonyl (C=O) groups excluding carboxylic acids is 2. The minimum Gasteiger partial charge on any atom is -0.462 e. The number of ether oxygens (including phenoxy) is 2. The number of aliphatic hydroxyl groups excluding tert-OH is 1. The van der Waals surface area contributed by atoms with Crippen molar-refractivity contribution >= 4 is 11.9 Å². The van der Waals surface area contributed by atoms with Crippen molar-refractivity contribution in [2.24, 2.45) is 0 Å². The van der Waals surface area contributed by atoms with E-state index < -0.39 is 6.10 Å². The summed E-state index contributed by atoms with van der Waals surface area (Å²) in [7, 11) is 0. The minimum atomic E-state index is -0.795. The van der Waals surface area contributed by atoms with Crippen LogP contribution in [0, 0.1) is 0 Å². The summed E-state index contributed by atoms with van der Waals surface area (Å²) in [5.74, 6) is -0.660. The van der Waals surface area contributed by atoms with Gasteiger partial charge in [-0.1, -0.05) is 107 Å². The summed E-state index contributed by atoms with van der Waals surface area (Å²) in [6.07, 6.45) is 38.4. The van der Waals surface area contributed by atoms with Crippen LogP contribution in [0.4, 0.5) is 0 Å². The maximum Gasteiger partial charge on any atom is 0.306 e. The monoisotopic (exact) mass is 558 g/mol. The molecule has 1 unspecified atom stereocenters. The normalized spacial score (nSPS) is 13.0. The Bertz CT molecular complexity index is 732. The van der Waals surface area contributed by atoms with Gasteiger partial charge in [-0.15, -0.1) is 0 Å². The van der Waals surface area contributed by atoms with Gasteiger partial charge in [0.25, 0.3) is 0 Å². The average Bonchev–Trinajstić information content (AvgIpc) is 2.96. The van der Waals surface area contributed by atoms with Crippen LogP contribution in [-0.4, -0.2) is 36.4 Å². The predicted molar refractivity (Wildman–Crippen MR) is 168 cm³/mol. The number of esters is 2. The number of hydrogen-bond donors (Lipinski definition) is 1. The number of rotatable bonds is 27. The van der Waals surface area contributed by atoms with Crippen LogP contribution in [0.3, 0.4) is 0 Å². The molecule has 0 rings (SSSR count). The van der Waals surface area contributed by atoms with Gasteiger partial charge in [0.2, 0.25) is 0 Å². The topological polar surface area (TPSA) is 72.8 Å². The summed E-state index contributed by atoms with van der Waals surface area (Å²) in [6.45, 7) is 3.91. The lowest BCUT2D eigenvalue weighted by Crippen LogP contribution is -2.28. The SMILES string of the molecule is CC/C=C\C/C=C\C/C=C\C/C=C\CCCCC(=O)OC(CO)COC(=O)CCCCCCC/C=C\CCCC. The van der Waals surface area contributed by atoms with Gasteiger partial charge in [0, 0.05) is 12.8 Å². The molecular formula is C35H58O5. The van der Waals surface area contributed by atoms with Crippen LogP contribution in [0.2, 0.25) is 0 Å². The third-order valence-electron chi connectivity index (χ3n) is 6.30. The van der Waals surface area contributed by atoms with E-state index in [1.165, 1.54) is 32.1 Å². The highest BCUT2D eigenvalue weighted by atomic mass is 16.6. The zero-order chi connectivity index (χ0) is 29.4. The van der Waals surface area contributed by atoms with Crippen molar-refractivity contribution in [1.29, 1.82) is 0 Å². The molecule has 0 saturated carbocycles. The lowest BCUT2D eigenvalue weighted by molar-refractivity contribution is -0.161. The Morgan fingerprint density at radius 1 is 0.600 bits per heavy atom. The Labute approximate surface area is 245 Å². The first kappa shape index (κ1) is 37.6. The first-order valence-corrected chi connectivity index (χ1v) is 15.8. The molecule has 228 valence electrons. The number of allylic oxidation sites excluding steroid dienone is 10. The van der Waals surface area contributed by atoms with Gasteiger partial charge in [-0.25, -0.2) is 0 Å². The molecule has 0 bridgehead atoms. The molecule has 0 aliphatic heterocycles. The summed E-state index contributed by atoms with van der Waals surface area (Å²) < 4.78 is 10.5. The van der Waals surface area contributed by atoms with E-state index in [1.807, 2.05) is 0 Å². The van der Waals surface area contributed by atoms with Crippen molar-refractivity contribution in [3.63, 3.8) is 0 Å². The maximum atomic E-state index is 12.1.